The molecule has 3 rings (SSSR count). The van der Waals surface area contributed by atoms with E-state index in [1.807, 2.05) is 35.2 Å². The molecule has 0 radical (unpaired) electrons. The molecule has 148 valence electrons. The van der Waals surface area contributed by atoms with Crippen LogP contribution in [0.1, 0.15) is 44.9 Å². The number of benzene rings is 1. The first-order valence-corrected chi connectivity index (χ1v) is 10.4. The molecule has 0 aromatic heterocycles. The largest absolute Gasteiger partial charge is 0.345 e. The molecule has 0 bridgehead atoms. The maximum Gasteiger partial charge on any atom is 0.232 e. The van der Waals surface area contributed by atoms with Crippen LogP contribution in [-0.2, 0) is 9.59 Å². The molecule has 1 unspecified atom stereocenters. The molecule has 5 heteroatoms. The summed E-state index contributed by atoms with van der Waals surface area (Å²) in [7, 11) is 4.00. The highest BCUT2D eigenvalue weighted by Gasteiger charge is 2.35. The molecule has 27 heavy (non-hydrogen) atoms. The summed E-state index contributed by atoms with van der Waals surface area (Å²) in [5.74, 6) is -0.0728. The standard InChI is InChI=1S/C22H33N3O2/c1-23(19-10-5-3-6-11-19)14-9-15-25(20-12-7-4-8-13-20)22(27)18-16-21(26)24(2)17-18/h4,7-8,12-13,18-19H,3,5-6,9-11,14-17H2,1-2H3. The number of para-hydroxylation sites is 1. The Balaban J connectivity index is 1.60. The van der Waals surface area contributed by atoms with Crippen molar-refractivity contribution in [3.63, 3.8) is 0 Å². The predicted molar refractivity (Wildman–Crippen MR) is 109 cm³/mol. The summed E-state index contributed by atoms with van der Waals surface area (Å²) in [5.41, 5.74) is 0.935. The first-order chi connectivity index (χ1) is 13.1. The van der Waals surface area contributed by atoms with Crippen LogP contribution < -0.4 is 4.90 Å². The van der Waals surface area contributed by atoms with E-state index in [2.05, 4.69) is 11.9 Å². The van der Waals surface area contributed by atoms with Gasteiger partial charge in [0.2, 0.25) is 11.8 Å². The first kappa shape index (κ1) is 19.9. The molecule has 1 saturated heterocycles. The van der Waals surface area contributed by atoms with Gasteiger partial charge in [0.15, 0.2) is 0 Å². The Labute approximate surface area is 163 Å². The summed E-state index contributed by atoms with van der Waals surface area (Å²) in [6, 6.07) is 10.6. The zero-order valence-corrected chi connectivity index (χ0v) is 16.8. The predicted octanol–water partition coefficient (Wildman–Crippen LogP) is 3.15. The lowest BCUT2D eigenvalue weighted by atomic mass is 9.94. The number of amides is 2. The van der Waals surface area contributed by atoms with E-state index in [0.717, 1.165) is 18.7 Å². The second-order valence-electron chi connectivity index (χ2n) is 8.13. The van der Waals surface area contributed by atoms with Crippen molar-refractivity contribution in [2.45, 2.75) is 51.0 Å². The number of hydrogen-bond donors (Lipinski definition) is 0. The summed E-state index contributed by atoms with van der Waals surface area (Å²) >= 11 is 0. The SMILES string of the molecule is CN1CC(C(=O)N(CCCN(C)C2CCCCC2)c2ccccc2)CC1=O. The fourth-order valence-corrected chi connectivity index (χ4v) is 4.41. The monoisotopic (exact) mass is 371 g/mol. The molecule has 1 aromatic rings. The van der Waals surface area contributed by atoms with Crippen molar-refractivity contribution in [2.75, 3.05) is 38.6 Å². The Morgan fingerprint density at radius 1 is 1.11 bits per heavy atom. The molecular formula is C22H33N3O2. The van der Waals surface area contributed by atoms with Crippen LogP contribution in [0.25, 0.3) is 0 Å². The minimum Gasteiger partial charge on any atom is -0.345 e. The summed E-state index contributed by atoms with van der Waals surface area (Å²) in [6.45, 7) is 2.24. The zero-order chi connectivity index (χ0) is 19.2. The Bertz CT molecular complexity index is 628. The Morgan fingerprint density at radius 3 is 2.44 bits per heavy atom. The van der Waals surface area contributed by atoms with Crippen LogP contribution in [-0.4, -0.2) is 61.4 Å². The van der Waals surface area contributed by atoms with Gasteiger partial charge in [-0.05, 0) is 45.0 Å². The van der Waals surface area contributed by atoms with Gasteiger partial charge >= 0.3 is 0 Å². The normalized spacial score (nSPS) is 21.1. The summed E-state index contributed by atoms with van der Waals surface area (Å²) in [4.78, 5) is 31.1. The average Bonchev–Trinajstić information content (AvgIpc) is 3.04. The molecule has 1 saturated carbocycles. The van der Waals surface area contributed by atoms with Gasteiger partial charge in [0, 0.05) is 38.3 Å². The Morgan fingerprint density at radius 2 is 1.81 bits per heavy atom. The van der Waals surface area contributed by atoms with Crippen molar-refractivity contribution in [3.05, 3.63) is 30.3 Å². The van der Waals surface area contributed by atoms with E-state index in [4.69, 9.17) is 0 Å². The minimum atomic E-state index is -0.223. The molecule has 1 aromatic carbocycles. The molecule has 1 aliphatic carbocycles. The van der Waals surface area contributed by atoms with Gasteiger partial charge in [-0.15, -0.1) is 0 Å². The molecular weight excluding hydrogens is 338 g/mol. The molecule has 0 N–H and O–H groups in total. The van der Waals surface area contributed by atoms with Crippen LogP contribution in [0.3, 0.4) is 0 Å². The number of anilines is 1. The van der Waals surface area contributed by atoms with E-state index in [1.54, 1.807) is 11.9 Å². The summed E-state index contributed by atoms with van der Waals surface area (Å²) in [5, 5.41) is 0. The maximum absolute atomic E-state index is 13.1. The molecule has 1 aliphatic heterocycles. The molecule has 2 fully saturated rings. The maximum atomic E-state index is 13.1. The highest BCUT2D eigenvalue weighted by molar-refractivity contribution is 5.98. The Hall–Kier alpha value is -1.88. The van der Waals surface area contributed by atoms with Crippen molar-refractivity contribution >= 4 is 17.5 Å². The molecule has 5 nitrogen and oxygen atoms in total. The van der Waals surface area contributed by atoms with Gasteiger partial charge in [-0.2, -0.15) is 0 Å². The van der Waals surface area contributed by atoms with E-state index >= 15 is 0 Å². The zero-order valence-electron chi connectivity index (χ0n) is 16.8. The second-order valence-corrected chi connectivity index (χ2v) is 8.13. The minimum absolute atomic E-state index is 0.0680. The van der Waals surface area contributed by atoms with Crippen LogP contribution in [0.4, 0.5) is 5.69 Å². The lowest BCUT2D eigenvalue weighted by Crippen LogP contribution is -2.40. The van der Waals surface area contributed by atoms with Crippen LogP contribution in [0.5, 0.6) is 0 Å². The smallest absolute Gasteiger partial charge is 0.232 e. The van der Waals surface area contributed by atoms with Crippen molar-refractivity contribution < 1.29 is 9.59 Å². The van der Waals surface area contributed by atoms with Gasteiger partial charge in [0.1, 0.15) is 0 Å². The molecule has 2 amide bonds. The molecule has 1 atom stereocenters. The van der Waals surface area contributed by atoms with E-state index < -0.39 is 0 Å². The number of hydrogen-bond acceptors (Lipinski definition) is 3. The van der Waals surface area contributed by atoms with E-state index in [0.29, 0.717) is 25.6 Å². The number of likely N-dealkylation sites (tertiary alicyclic amines) is 1. The van der Waals surface area contributed by atoms with Gasteiger partial charge in [0.25, 0.3) is 0 Å². The fourth-order valence-electron chi connectivity index (χ4n) is 4.41. The van der Waals surface area contributed by atoms with Crippen molar-refractivity contribution in [1.82, 2.24) is 9.80 Å². The summed E-state index contributed by atoms with van der Waals surface area (Å²) in [6.07, 6.45) is 7.93. The van der Waals surface area contributed by atoms with Gasteiger partial charge in [-0.1, -0.05) is 37.5 Å². The Kier molecular flexibility index (Phi) is 6.89. The molecule has 1 heterocycles. The third-order valence-corrected chi connectivity index (χ3v) is 6.11. The topological polar surface area (TPSA) is 43.9 Å². The van der Waals surface area contributed by atoms with Crippen molar-refractivity contribution in [1.29, 1.82) is 0 Å². The quantitative estimate of drug-likeness (QED) is 0.739. The van der Waals surface area contributed by atoms with Gasteiger partial charge < -0.3 is 14.7 Å². The third-order valence-electron chi connectivity index (χ3n) is 6.11. The summed E-state index contributed by atoms with van der Waals surface area (Å²) < 4.78 is 0. The van der Waals surface area contributed by atoms with Crippen molar-refractivity contribution in [3.8, 4) is 0 Å². The van der Waals surface area contributed by atoms with Gasteiger partial charge in [-0.25, -0.2) is 0 Å². The number of rotatable bonds is 7. The van der Waals surface area contributed by atoms with Crippen LogP contribution in [0.2, 0.25) is 0 Å². The third kappa shape index (κ3) is 5.10. The van der Waals surface area contributed by atoms with Crippen LogP contribution in [0, 0.1) is 5.92 Å². The van der Waals surface area contributed by atoms with Crippen molar-refractivity contribution in [2.24, 2.45) is 5.92 Å². The van der Waals surface area contributed by atoms with Crippen LogP contribution in [0.15, 0.2) is 30.3 Å². The van der Waals surface area contributed by atoms with E-state index in [9.17, 15) is 9.59 Å². The number of carbonyl (C=O) groups excluding carboxylic acids is 2. The second kappa shape index (κ2) is 9.36. The number of carbonyl (C=O) groups is 2. The molecule has 0 spiro atoms. The average molecular weight is 372 g/mol. The number of nitrogens with zero attached hydrogens (tertiary/aromatic N) is 3. The first-order valence-electron chi connectivity index (χ1n) is 10.4. The van der Waals surface area contributed by atoms with Gasteiger partial charge in [0.05, 0.1) is 5.92 Å². The fraction of sp³-hybridized carbons (Fsp3) is 0.636. The van der Waals surface area contributed by atoms with Gasteiger partial charge in [-0.3, -0.25) is 9.59 Å². The highest BCUT2D eigenvalue weighted by Crippen LogP contribution is 2.24. The lowest BCUT2D eigenvalue weighted by molar-refractivity contribution is -0.127. The highest BCUT2D eigenvalue weighted by atomic mass is 16.2. The van der Waals surface area contributed by atoms with Crippen LogP contribution >= 0.6 is 0 Å². The molecule has 2 aliphatic rings. The lowest BCUT2D eigenvalue weighted by Gasteiger charge is -2.32. The van der Waals surface area contributed by atoms with E-state index in [1.165, 1.54) is 32.1 Å². The van der Waals surface area contributed by atoms with E-state index in [-0.39, 0.29) is 17.7 Å².